The van der Waals surface area contributed by atoms with Crippen LogP contribution in [0.4, 0.5) is 5.69 Å². The van der Waals surface area contributed by atoms with Gasteiger partial charge in [0.15, 0.2) is 0 Å². The van der Waals surface area contributed by atoms with Gasteiger partial charge in [-0.1, -0.05) is 44.2 Å². The summed E-state index contributed by atoms with van der Waals surface area (Å²) in [5.41, 5.74) is 6.41. The van der Waals surface area contributed by atoms with Crippen LogP contribution in [0.1, 0.15) is 59.1 Å². The summed E-state index contributed by atoms with van der Waals surface area (Å²) in [6.45, 7) is 14.0. The fourth-order valence-corrected chi connectivity index (χ4v) is 3.33. The molecule has 0 spiro atoms. The predicted octanol–water partition coefficient (Wildman–Crippen LogP) is 5.33. The van der Waals surface area contributed by atoms with E-state index in [1.54, 1.807) is 0 Å². The zero-order valence-electron chi connectivity index (χ0n) is 15.7. The Bertz CT molecular complexity index is 789. The highest BCUT2D eigenvalue weighted by Gasteiger charge is 2.23. The lowest BCUT2D eigenvalue weighted by Gasteiger charge is -2.23. The molecule has 0 radical (unpaired) electrons. The van der Waals surface area contributed by atoms with E-state index in [0.29, 0.717) is 12.3 Å². The molecule has 0 saturated heterocycles. The summed E-state index contributed by atoms with van der Waals surface area (Å²) < 4.78 is 0. The van der Waals surface area contributed by atoms with Crippen LogP contribution >= 0.6 is 0 Å². The zero-order chi connectivity index (χ0) is 18.7. The maximum atomic E-state index is 11.0. The molecule has 1 unspecified atom stereocenters. The largest absolute Gasteiger partial charge is 0.507 e. The summed E-state index contributed by atoms with van der Waals surface area (Å²) in [4.78, 5) is 11.0. The molecule has 25 heavy (non-hydrogen) atoms. The molecule has 0 aliphatic carbocycles. The summed E-state index contributed by atoms with van der Waals surface area (Å²) in [7, 11) is 0. The Morgan fingerprint density at radius 3 is 2.04 bits per heavy atom. The number of hydrogen-bond acceptors (Lipinski definition) is 2. The molecule has 1 atom stereocenters. The minimum absolute atomic E-state index is 0.146. The molecule has 0 fully saturated rings. The monoisotopic (exact) mass is 337 g/mol. The third-order valence-electron chi connectivity index (χ3n) is 5.04. The Balaban J connectivity index is 2.64. The summed E-state index contributed by atoms with van der Waals surface area (Å²) in [5, 5.41) is 13.6. The minimum atomic E-state index is -0.146. The van der Waals surface area contributed by atoms with Crippen molar-refractivity contribution in [3.05, 3.63) is 70.3 Å². The van der Waals surface area contributed by atoms with Gasteiger partial charge in [0.05, 0.1) is 0 Å². The van der Waals surface area contributed by atoms with Gasteiger partial charge in [0.2, 0.25) is 6.41 Å². The van der Waals surface area contributed by atoms with Crippen LogP contribution in [0, 0.1) is 20.8 Å². The second-order valence-electron chi connectivity index (χ2n) is 6.81. The molecule has 1 amide bonds. The van der Waals surface area contributed by atoms with Crippen molar-refractivity contribution in [2.24, 2.45) is 0 Å². The van der Waals surface area contributed by atoms with Gasteiger partial charge in [0.25, 0.3) is 0 Å². The normalized spacial score (nSPS) is 12.1. The Morgan fingerprint density at radius 2 is 1.56 bits per heavy atom. The molecular formula is C22H27NO2. The number of benzene rings is 2. The van der Waals surface area contributed by atoms with E-state index in [-0.39, 0.29) is 11.7 Å². The number of amides is 1. The number of phenolic OH excluding ortho intramolecular Hbond substituents is 1. The van der Waals surface area contributed by atoms with Crippen molar-refractivity contribution in [2.75, 3.05) is 5.32 Å². The second kappa shape index (κ2) is 7.56. The van der Waals surface area contributed by atoms with Gasteiger partial charge in [-0.25, -0.2) is 0 Å². The number of carbonyl (C=O) groups excluding carboxylic acids is 1. The Morgan fingerprint density at radius 1 is 1.00 bits per heavy atom. The van der Waals surface area contributed by atoms with Crippen molar-refractivity contribution < 1.29 is 9.90 Å². The standard InChI is InChI=1S/C22H27NO2/c1-7-19(18-10-8-17(9-11-18)13(2)3)20-16(6)21(23-12-24)14(4)15(5)22(20)25/h7-13,19,25H,1H2,2-6H3,(H,23,24). The molecule has 0 bridgehead atoms. The lowest BCUT2D eigenvalue weighted by Crippen LogP contribution is -2.08. The van der Waals surface area contributed by atoms with Crippen LogP contribution < -0.4 is 5.32 Å². The molecule has 3 heteroatoms. The Hall–Kier alpha value is -2.55. The average Bonchev–Trinajstić information content (AvgIpc) is 2.60. The number of anilines is 1. The van der Waals surface area contributed by atoms with Crippen LogP contribution in [-0.2, 0) is 4.79 Å². The molecule has 0 saturated carbocycles. The van der Waals surface area contributed by atoms with E-state index in [0.717, 1.165) is 33.5 Å². The zero-order valence-corrected chi connectivity index (χ0v) is 15.7. The molecule has 2 N–H and O–H groups in total. The molecule has 3 nitrogen and oxygen atoms in total. The summed E-state index contributed by atoms with van der Waals surface area (Å²) in [6.07, 6.45) is 2.52. The van der Waals surface area contributed by atoms with Gasteiger partial charge in [0.1, 0.15) is 5.75 Å². The van der Waals surface area contributed by atoms with Gasteiger partial charge in [0, 0.05) is 17.2 Å². The van der Waals surface area contributed by atoms with Crippen molar-refractivity contribution in [3.8, 4) is 5.75 Å². The molecule has 0 heterocycles. The molecule has 2 rings (SSSR count). The lowest BCUT2D eigenvalue weighted by atomic mass is 9.83. The number of phenols is 1. The van der Waals surface area contributed by atoms with Crippen LogP contribution in [0.25, 0.3) is 0 Å². The van der Waals surface area contributed by atoms with E-state index in [1.165, 1.54) is 5.56 Å². The SMILES string of the molecule is C=CC(c1ccc(C(C)C)cc1)c1c(C)c(NC=O)c(C)c(C)c1O. The van der Waals surface area contributed by atoms with Gasteiger partial charge < -0.3 is 10.4 Å². The number of carbonyl (C=O) groups is 1. The van der Waals surface area contributed by atoms with Crippen LogP contribution in [0.2, 0.25) is 0 Å². The van der Waals surface area contributed by atoms with Crippen molar-refractivity contribution in [3.63, 3.8) is 0 Å². The van der Waals surface area contributed by atoms with E-state index in [2.05, 4.69) is 50.0 Å². The highest BCUT2D eigenvalue weighted by atomic mass is 16.3. The van der Waals surface area contributed by atoms with Crippen molar-refractivity contribution in [1.82, 2.24) is 0 Å². The Labute approximate surface area is 150 Å². The number of aromatic hydroxyl groups is 1. The third-order valence-corrected chi connectivity index (χ3v) is 5.04. The number of nitrogens with one attached hydrogen (secondary N) is 1. The first kappa shape index (κ1) is 18.8. The van der Waals surface area contributed by atoms with Crippen LogP contribution in [0.15, 0.2) is 36.9 Å². The smallest absolute Gasteiger partial charge is 0.211 e. The number of hydrogen-bond donors (Lipinski definition) is 2. The van der Waals surface area contributed by atoms with Crippen molar-refractivity contribution >= 4 is 12.1 Å². The van der Waals surface area contributed by atoms with E-state index in [4.69, 9.17) is 0 Å². The Kier molecular flexibility index (Phi) is 5.68. The summed E-state index contributed by atoms with van der Waals surface area (Å²) in [6, 6.07) is 8.41. The maximum Gasteiger partial charge on any atom is 0.211 e. The first-order valence-corrected chi connectivity index (χ1v) is 8.58. The van der Waals surface area contributed by atoms with Crippen LogP contribution in [0.3, 0.4) is 0 Å². The summed E-state index contributed by atoms with van der Waals surface area (Å²) >= 11 is 0. The van der Waals surface area contributed by atoms with Crippen molar-refractivity contribution in [1.29, 1.82) is 0 Å². The highest BCUT2D eigenvalue weighted by molar-refractivity contribution is 5.79. The fraction of sp³-hybridized carbons (Fsp3) is 0.318. The van der Waals surface area contributed by atoms with E-state index >= 15 is 0 Å². The molecular weight excluding hydrogens is 310 g/mol. The maximum absolute atomic E-state index is 11.0. The first-order chi connectivity index (χ1) is 11.8. The van der Waals surface area contributed by atoms with Gasteiger partial charge in [-0.2, -0.15) is 0 Å². The van der Waals surface area contributed by atoms with Gasteiger partial charge in [-0.3, -0.25) is 4.79 Å². The van der Waals surface area contributed by atoms with Gasteiger partial charge in [-0.15, -0.1) is 6.58 Å². The van der Waals surface area contributed by atoms with Crippen LogP contribution in [0.5, 0.6) is 5.75 Å². The lowest BCUT2D eigenvalue weighted by molar-refractivity contribution is -0.105. The number of rotatable bonds is 6. The quantitative estimate of drug-likeness (QED) is 0.425. The van der Waals surface area contributed by atoms with E-state index < -0.39 is 0 Å². The van der Waals surface area contributed by atoms with E-state index in [9.17, 15) is 9.90 Å². The summed E-state index contributed by atoms with van der Waals surface area (Å²) in [5.74, 6) is 0.591. The molecule has 132 valence electrons. The van der Waals surface area contributed by atoms with E-state index in [1.807, 2.05) is 26.8 Å². The molecule has 0 aliphatic heterocycles. The minimum Gasteiger partial charge on any atom is -0.507 e. The topological polar surface area (TPSA) is 49.3 Å². The fourth-order valence-electron chi connectivity index (χ4n) is 3.33. The predicted molar refractivity (Wildman–Crippen MR) is 105 cm³/mol. The first-order valence-electron chi connectivity index (χ1n) is 8.58. The average molecular weight is 337 g/mol. The van der Waals surface area contributed by atoms with Crippen molar-refractivity contribution in [2.45, 2.75) is 46.5 Å². The molecule has 2 aromatic carbocycles. The molecule has 0 aliphatic rings. The van der Waals surface area contributed by atoms with Gasteiger partial charge >= 0.3 is 0 Å². The molecule has 2 aromatic rings. The number of allylic oxidation sites excluding steroid dienone is 1. The second-order valence-corrected chi connectivity index (χ2v) is 6.81. The van der Waals surface area contributed by atoms with Crippen LogP contribution in [-0.4, -0.2) is 11.5 Å². The van der Waals surface area contributed by atoms with Gasteiger partial charge in [-0.05, 0) is 54.5 Å². The highest BCUT2D eigenvalue weighted by Crippen LogP contribution is 2.42. The molecule has 0 aromatic heterocycles. The third kappa shape index (κ3) is 3.46.